The van der Waals surface area contributed by atoms with Crippen molar-refractivity contribution >= 4 is 27.6 Å². The van der Waals surface area contributed by atoms with E-state index in [9.17, 15) is 26.4 Å². The van der Waals surface area contributed by atoms with Gasteiger partial charge < -0.3 is 25.4 Å². The van der Waals surface area contributed by atoms with Crippen molar-refractivity contribution in [3.05, 3.63) is 83.4 Å². The summed E-state index contributed by atoms with van der Waals surface area (Å²) in [6, 6.07) is 16.6. The van der Waals surface area contributed by atoms with Crippen LogP contribution in [0.15, 0.2) is 66.7 Å². The Morgan fingerprint density at radius 3 is 2.31 bits per heavy atom. The van der Waals surface area contributed by atoms with Crippen LogP contribution in [0.5, 0.6) is 5.75 Å². The van der Waals surface area contributed by atoms with E-state index in [0.29, 0.717) is 36.2 Å². The Morgan fingerprint density at radius 2 is 1.69 bits per heavy atom. The van der Waals surface area contributed by atoms with Gasteiger partial charge in [0.05, 0.1) is 24.5 Å². The Kier molecular flexibility index (Phi) is 12.0. The molecule has 0 bridgehead atoms. The van der Waals surface area contributed by atoms with Crippen LogP contribution in [0.3, 0.4) is 0 Å². The molecule has 0 spiro atoms. The normalized spacial score (nSPS) is 17.5. The maximum absolute atomic E-state index is 13.9. The van der Waals surface area contributed by atoms with E-state index in [1.54, 1.807) is 26.0 Å². The summed E-state index contributed by atoms with van der Waals surface area (Å²) in [5.41, 5.74) is 8.14. The lowest BCUT2D eigenvalue weighted by Crippen LogP contribution is -2.51. The quantitative estimate of drug-likeness (QED) is 0.212. The number of benzene rings is 2. The smallest absolute Gasteiger partial charge is 0.406 e. The van der Waals surface area contributed by atoms with Crippen LogP contribution >= 0.6 is 0 Å². The molecule has 3 N–H and O–H groups in total. The molecule has 1 unspecified atom stereocenters. The number of carbonyl (C=O) groups is 1. The molecule has 2 aromatic carbocycles. The lowest BCUT2D eigenvalue weighted by atomic mass is 9.99. The van der Waals surface area contributed by atoms with Gasteiger partial charge in [-0.25, -0.2) is 13.4 Å². The molecule has 262 valence electrons. The number of halogens is 3. The number of nitrogens with one attached hydrogen (secondary N) is 1. The second-order valence-electron chi connectivity index (χ2n) is 12.6. The van der Waals surface area contributed by atoms with Gasteiger partial charge in [0.1, 0.15) is 17.4 Å². The second kappa shape index (κ2) is 15.6. The molecule has 0 saturated heterocycles. The van der Waals surface area contributed by atoms with Gasteiger partial charge in [-0.1, -0.05) is 49.4 Å². The minimum atomic E-state index is -4.82. The number of aromatic nitrogens is 1. The molecule has 1 aliphatic carbocycles. The number of pyridine rings is 1. The van der Waals surface area contributed by atoms with Crippen molar-refractivity contribution in [1.82, 2.24) is 10.3 Å². The molecule has 1 aliphatic rings. The number of amides is 1. The fraction of sp³-hybridized carbons (Fsp3) is 0.471. The average molecular weight is 692 g/mol. The summed E-state index contributed by atoms with van der Waals surface area (Å²) in [4.78, 5) is 20.4. The summed E-state index contributed by atoms with van der Waals surface area (Å²) in [6.07, 6.45) is -3.37. The molecular formula is C34H44F3N5O5S. The summed E-state index contributed by atoms with van der Waals surface area (Å²) < 4.78 is 75.0. The van der Waals surface area contributed by atoms with Crippen LogP contribution < -0.4 is 25.0 Å². The van der Waals surface area contributed by atoms with Crippen LogP contribution in [-0.2, 0) is 27.8 Å². The van der Waals surface area contributed by atoms with Crippen molar-refractivity contribution in [2.45, 2.75) is 63.9 Å². The molecule has 1 amide bonds. The van der Waals surface area contributed by atoms with Crippen LogP contribution in [-0.4, -0.2) is 70.3 Å². The Morgan fingerprint density at radius 1 is 1.04 bits per heavy atom. The largest absolute Gasteiger partial charge is 0.573 e. The van der Waals surface area contributed by atoms with Gasteiger partial charge in [-0.3, -0.25) is 9.10 Å². The fourth-order valence-electron chi connectivity index (χ4n) is 5.23. The Bertz CT molecular complexity index is 1640. The summed E-state index contributed by atoms with van der Waals surface area (Å²) in [7, 11) is -0.450. The Balaban J connectivity index is 1.55. The van der Waals surface area contributed by atoms with Crippen molar-refractivity contribution in [1.29, 1.82) is 0 Å². The number of alkyl halides is 3. The predicted molar refractivity (Wildman–Crippen MR) is 179 cm³/mol. The third kappa shape index (κ3) is 10.3. The van der Waals surface area contributed by atoms with E-state index < -0.39 is 39.6 Å². The first-order chi connectivity index (χ1) is 22.5. The molecule has 0 radical (unpaired) electrons. The van der Waals surface area contributed by atoms with E-state index in [-0.39, 0.29) is 30.3 Å². The molecule has 4 atom stereocenters. The zero-order valence-electron chi connectivity index (χ0n) is 27.8. The molecule has 1 fully saturated rings. The number of hydrogen-bond donors (Lipinski definition) is 2. The van der Waals surface area contributed by atoms with Gasteiger partial charge in [-0.15, -0.1) is 13.2 Å². The second-order valence-corrected chi connectivity index (χ2v) is 15.2. The van der Waals surface area contributed by atoms with Crippen molar-refractivity contribution in [2.75, 3.05) is 36.5 Å². The molecule has 10 nitrogen and oxygen atoms in total. The molecule has 3 aromatic rings. The van der Waals surface area contributed by atoms with Gasteiger partial charge in [0.2, 0.25) is 10.0 Å². The molecule has 48 heavy (non-hydrogen) atoms. The minimum absolute atomic E-state index is 0.0212. The van der Waals surface area contributed by atoms with E-state index in [4.69, 9.17) is 10.5 Å². The zero-order valence-corrected chi connectivity index (χ0v) is 28.6. The third-order valence-corrected chi connectivity index (χ3v) is 10.5. The number of sulfonamides is 1. The highest BCUT2D eigenvalue weighted by Gasteiger charge is 2.34. The van der Waals surface area contributed by atoms with Gasteiger partial charge in [-0.2, -0.15) is 0 Å². The number of nitrogens with zero attached hydrogens (tertiary/aromatic N) is 3. The number of ether oxygens (including phenoxy) is 2. The van der Waals surface area contributed by atoms with E-state index in [2.05, 4.69) is 22.0 Å². The summed E-state index contributed by atoms with van der Waals surface area (Å²) in [6.45, 7) is 5.98. The van der Waals surface area contributed by atoms with Crippen molar-refractivity contribution in [3.8, 4) is 5.75 Å². The fourth-order valence-corrected chi connectivity index (χ4v) is 6.21. The lowest BCUT2D eigenvalue weighted by molar-refractivity contribution is -0.274. The molecule has 1 aromatic heterocycles. The number of carbonyl (C=O) groups excluding carboxylic acids is 1. The highest BCUT2D eigenvalue weighted by atomic mass is 32.2. The first-order valence-electron chi connectivity index (χ1n) is 15.8. The molecule has 1 heterocycles. The summed E-state index contributed by atoms with van der Waals surface area (Å²) in [5, 5.41) is 2.31. The van der Waals surface area contributed by atoms with Gasteiger partial charge in [-0.05, 0) is 73.9 Å². The van der Waals surface area contributed by atoms with E-state index >= 15 is 0 Å². The van der Waals surface area contributed by atoms with E-state index in [1.807, 2.05) is 42.3 Å². The maximum atomic E-state index is 13.9. The van der Waals surface area contributed by atoms with Gasteiger partial charge in [0.25, 0.3) is 5.91 Å². The molecular weight excluding hydrogens is 647 g/mol. The van der Waals surface area contributed by atoms with Crippen molar-refractivity contribution in [3.63, 3.8) is 0 Å². The van der Waals surface area contributed by atoms with Gasteiger partial charge in [0, 0.05) is 32.2 Å². The first kappa shape index (κ1) is 36.9. The molecule has 1 saturated carbocycles. The summed E-state index contributed by atoms with van der Waals surface area (Å²) >= 11 is 0. The SMILES string of the molecule is CC(C)S(=O)(=O)N(C)c1cc(C(=O)N[C@@H](Cc2ccccc2)[C@@H](N)COCc2cccc(OC(F)(F)F)c2)cc(N(C)CC2C[C@@H]2C)n1. The van der Waals surface area contributed by atoms with Gasteiger partial charge >= 0.3 is 6.36 Å². The monoisotopic (exact) mass is 691 g/mol. The highest BCUT2D eigenvalue weighted by Crippen LogP contribution is 2.38. The number of anilines is 2. The van der Waals surface area contributed by atoms with Crippen molar-refractivity contribution in [2.24, 2.45) is 17.6 Å². The predicted octanol–water partition coefficient (Wildman–Crippen LogP) is 5.13. The number of hydrogen-bond acceptors (Lipinski definition) is 8. The highest BCUT2D eigenvalue weighted by molar-refractivity contribution is 7.93. The van der Waals surface area contributed by atoms with Gasteiger partial charge in [0.15, 0.2) is 0 Å². The number of rotatable bonds is 16. The van der Waals surface area contributed by atoms with Crippen LogP contribution in [0, 0.1) is 11.8 Å². The molecule has 14 heteroatoms. The standard InChI is InChI=1S/C34H44F3N5O5S/c1-22(2)48(44,45)42(5)32-18-26(17-31(40-32)41(4)19-27-14-23(27)3)33(43)39-30(16-24-10-7-6-8-11-24)29(38)21-46-20-25-12-9-13-28(15-25)47-34(35,36)37/h6-13,15,17-18,22-23,27,29-30H,14,16,19-21,38H2,1-5H3,(H,39,43)/t23-,27?,29-,30-/m0/s1. The minimum Gasteiger partial charge on any atom is -0.406 e. The lowest BCUT2D eigenvalue weighted by Gasteiger charge is -2.27. The molecule has 4 rings (SSSR count). The molecule has 0 aliphatic heterocycles. The summed E-state index contributed by atoms with van der Waals surface area (Å²) in [5.74, 6) is 0.821. The van der Waals surface area contributed by atoms with Crippen LogP contribution in [0.1, 0.15) is 48.7 Å². The topological polar surface area (TPSA) is 127 Å². The zero-order chi connectivity index (χ0) is 35.2. The van der Waals surface area contributed by atoms with Crippen LogP contribution in [0.4, 0.5) is 24.8 Å². The maximum Gasteiger partial charge on any atom is 0.573 e. The van der Waals surface area contributed by atoms with Crippen molar-refractivity contribution < 1.29 is 35.9 Å². The van der Waals surface area contributed by atoms with E-state index in [0.717, 1.165) is 16.3 Å². The van der Waals surface area contributed by atoms with Crippen LogP contribution in [0.2, 0.25) is 0 Å². The Labute approximate surface area is 280 Å². The number of nitrogens with two attached hydrogens (primary N) is 1. The Hall–Kier alpha value is -3.88. The van der Waals surface area contributed by atoms with E-state index in [1.165, 1.54) is 31.3 Å². The van der Waals surface area contributed by atoms with Crippen LogP contribution in [0.25, 0.3) is 0 Å². The average Bonchev–Trinajstić information content (AvgIpc) is 3.73. The third-order valence-electron chi connectivity index (χ3n) is 8.38. The first-order valence-corrected chi connectivity index (χ1v) is 17.3.